The van der Waals surface area contributed by atoms with Gasteiger partial charge >= 0.3 is 0 Å². The van der Waals surface area contributed by atoms with Gasteiger partial charge in [0.05, 0.1) is 24.7 Å². The number of rotatable bonds is 6. The normalized spacial score (nSPS) is 22.8. The Bertz CT molecular complexity index is 501. The number of aromatic amines is 1. The highest BCUT2D eigenvalue weighted by atomic mass is 32.2. The summed E-state index contributed by atoms with van der Waals surface area (Å²) in [6, 6.07) is 0. The molecular weight excluding hydrogens is 278 g/mol. The van der Waals surface area contributed by atoms with Crippen molar-refractivity contribution in [2.75, 3.05) is 18.9 Å². The first-order chi connectivity index (χ1) is 9.36. The number of nitrogens with one attached hydrogen (secondary N) is 2. The van der Waals surface area contributed by atoms with Crippen LogP contribution >= 0.6 is 0 Å². The van der Waals surface area contributed by atoms with Gasteiger partial charge in [0.2, 0.25) is 10.0 Å². The lowest BCUT2D eigenvalue weighted by molar-refractivity contribution is -0.0371. The third kappa shape index (κ3) is 4.88. The second-order valence-electron chi connectivity index (χ2n) is 6.17. The van der Waals surface area contributed by atoms with E-state index in [1.807, 2.05) is 0 Å². The molecule has 2 N–H and O–H groups in total. The van der Waals surface area contributed by atoms with E-state index in [2.05, 4.69) is 28.8 Å². The quantitative estimate of drug-likeness (QED) is 0.823. The van der Waals surface area contributed by atoms with Crippen LogP contribution in [0.3, 0.4) is 0 Å². The van der Waals surface area contributed by atoms with Crippen LogP contribution < -0.4 is 4.72 Å². The van der Waals surface area contributed by atoms with Gasteiger partial charge in [0.15, 0.2) is 0 Å². The Labute approximate surface area is 120 Å². The van der Waals surface area contributed by atoms with Crippen molar-refractivity contribution in [3.8, 4) is 0 Å². The highest BCUT2D eigenvalue weighted by molar-refractivity contribution is 7.89. The highest BCUT2D eigenvalue weighted by Crippen LogP contribution is 2.30. The molecule has 1 aliphatic heterocycles. The SMILES string of the molecule is CC1(C)CCC(CS(=O)(=O)NCCc2cn[nH]c2)OC1. The lowest BCUT2D eigenvalue weighted by atomic mass is 9.86. The van der Waals surface area contributed by atoms with E-state index in [0.717, 1.165) is 18.4 Å². The lowest BCUT2D eigenvalue weighted by Gasteiger charge is -2.34. The van der Waals surface area contributed by atoms with Crippen LogP contribution in [0.2, 0.25) is 0 Å². The fraction of sp³-hybridized carbons (Fsp3) is 0.769. The molecule has 1 unspecified atom stereocenters. The summed E-state index contributed by atoms with van der Waals surface area (Å²) in [5.74, 6) is 0.0501. The van der Waals surface area contributed by atoms with Crippen LogP contribution in [0.15, 0.2) is 12.4 Å². The predicted molar refractivity (Wildman–Crippen MR) is 76.8 cm³/mol. The average Bonchev–Trinajstić information content (AvgIpc) is 2.85. The van der Waals surface area contributed by atoms with Gasteiger partial charge in [-0.3, -0.25) is 5.10 Å². The molecule has 114 valence electrons. The molecule has 20 heavy (non-hydrogen) atoms. The van der Waals surface area contributed by atoms with Crippen LogP contribution in [0.4, 0.5) is 0 Å². The Morgan fingerprint density at radius 3 is 2.95 bits per heavy atom. The van der Waals surface area contributed by atoms with E-state index >= 15 is 0 Å². The number of hydrogen-bond donors (Lipinski definition) is 2. The van der Waals surface area contributed by atoms with E-state index in [1.165, 1.54) is 0 Å². The molecule has 0 radical (unpaired) electrons. The van der Waals surface area contributed by atoms with Gasteiger partial charge in [-0.15, -0.1) is 0 Å². The van der Waals surface area contributed by atoms with Crippen LogP contribution in [0.1, 0.15) is 32.3 Å². The summed E-state index contributed by atoms with van der Waals surface area (Å²) in [6.07, 6.45) is 5.71. The Morgan fingerprint density at radius 2 is 2.35 bits per heavy atom. The van der Waals surface area contributed by atoms with Crippen molar-refractivity contribution in [2.45, 2.75) is 39.2 Å². The summed E-state index contributed by atoms with van der Waals surface area (Å²) in [5, 5.41) is 6.53. The molecule has 0 amide bonds. The Morgan fingerprint density at radius 1 is 1.55 bits per heavy atom. The van der Waals surface area contributed by atoms with E-state index in [4.69, 9.17) is 4.74 Å². The maximum atomic E-state index is 12.0. The minimum absolute atomic E-state index is 0.0501. The van der Waals surface area contributed by atoms with E-state index in [0.29, 0.717) is 19.6 Å². The van der Waals surface area contributed by atoms with Crippen molar-refractivity contribution in [3.63, 3.8) is 0 Å². The Hall–Kier alpha value is -0.920. The second-order valence-corrected chi connectivity index (χ2v) is 8.02. The van der Waals surface area contributed by atoms with E-state index in [1.54, 1.807) is 12.4 Å². The van der Waals surface area contributed by atoms with Crippen LogP contribution in [-0.2, 0) is 21.2 Å². The third-order valence-electron chi connectivity index (χ3n) is 3.55. The minimum Gasteiger partial charge on any atom is -0.377 e. The van der Waals surface area contributed by atoms with E-state index in [-0.39, 0.29) is 17.3 Å². The number of H-pyrrole nitrogens is 1. The first-order valence-corrected chi connectivity index (χ1v) is 8.58. The summed E-state index contributed by atoms with van der Waals surface area (Å²) in [4.78, 5) is 0. The van der Waals surface area contributed by atoms with Crippen molar-refractivity contribution >= 4 is 10.0 Å². The van der Waals surface area contributed by atoms with Gasteiger partial charge in [0.1, 0.15) is 0 Å². The van der Waals surface area contributed by atoms with Crippen LogP contribution in [0.5, 0.6) is 0 Å². The molecule has 1 atom stereocenters. The number of sulfonamides is 1. The first kappa shape index (κ1) is 15.5. The Kier molecular flexibility index (Phi) is 4.82. The summed E-state index contributed by atoms with van der Waals surface area (Å²) < 4.78 is 32.2. The van der Waals surface area contributed by atoms with Gasteiger partial charge < -0.3 is 4.74 Å². The first-order valence-electron chi connectivity index (χ1n) is 6.93. The maximum Gasteiger partial charge on any atom is 0.214 e. The van der Waals surface area contributed by atoms with E-state index < -0.39 is 10.0 Å². The standard InChI is InChI=1S/C13H23N3O3S/c1-13(2)5-3-12(19-10-13)9-20(17,18)16-6-4-11-7-14-15-8-11/h7-8,12,16H,3-6,9-10H2,1-2H3,(H,14,15). The van der Waals surface area contributed by atoms with Crippen LogP contribution in [-0.4, -0.2) is 43.6 Å². The fourth-order valence-corrected chi connectivity index (χ4v) is 3.53. The molecule has 1 fully saturated rings. The monoisotopic (exact) mass is 301 g/mol. The average molecular weight is 301 g/mol. The summed E-state index contributed by atoms with van der Waals surface area (Å²) in [6.45, 7) is 5.30. The molecule has 6 nitrogen and oxygen atoms in total. The highest BCUT2D eigenvalue weighted by Gasteiger charge is 2.30. The van der Waals surface area contributed by atoms with Crippen LogP contribution in [0, 0.1) is 5.41 Å². The molecule has 1 aromatic rings. The zero-order valence-corrected chi connectivity index (χ0v) is 12.9. The van der Waals surface area contributed by atoms with Gasteiger partial charge in [0.25, 0.3) is 0 Å². The molecule has 1 aliphatic rings. The van der Waals surface area contributed by atoms with Crippen LogP contribution in [0.25, 0.3) is 0 Å². The molecule has 0 aromatic carbocycles. The number of aromatic nitrogens is 2. The van der Waals surface area contributed by atoms with Crippen molar-refractivity contribution < 1.29 is 13.2 Å². The van der Waals surface area contributed by atoms with Gasteiger partial charge in [-0.25, -0.2) is 13.1 Å². The zero-order chi connectivity index (χ0) is 14.6. The van der Waals surface area contributed by atoms with Gasteiger partial charge in [-0.05, 0) is 30.2 Å². The molecule has 2 rings (SSSR count). The fourth-order valence-electron chi connectivity index (χ4n) is 2.25. The molecule has 2 heterocycles. The largest absolute Gasteiger partial charge is 0.377 e. The molecule has 0 bridgehead atoms. The molecule has 0 saturated carbocycles. The number of ether oxygens (including phenoxy) is 1. The minimum atomic E-state index is -3.28. The number of nitrogens with zero attached hydrogens (tertiary/aromatic N) is 1. The summed E-state index contributed by atoms with van der Waals surface area (Å²) in [7, 11) is -3.28. The van der Waals surface area contributed by atoms with Gasteiger partial charge in [-0.2, -0.15) is 5.10 Å². The van der Waals surface area contributed by atoms with E-state index in [9.17, 15) is 8.42 Å². The third-order valence-corrected chi connectivity index (χ3v) is 5.00. The van der Waals surface area contributed by atoms with Gasteiger partial charge in [-0.1, -0.05) is 13.8 Å². The van der Waals surface area contributed by atoms with Crippen molar-refractivity contribution in [1.82, 2.24) is 14.9 Å². The number of hydrogen-bond acceptors (Lipinski definition) is 4. The van der Waals surface area contributed by atoms with Crippen molar-refractivity contribution in [1.29, 1.82) is 0 Å². The molecule has 0 aliphatic carbocycles. The van der Waals surface area contributed by atoms with Gasteiger partial charge in [0, 0.05) is 12.7 Å². The summed E-state index contributed by atoms with van der Waals surface area (Å²) >= 11 is 0. The molecule has 1 aromatic heterocycles. The summed E-state index contributed by atoms with van der Waals surface area (Å²) in [5.41, 5.74) is 1.15. The smallest absolute Gasteiger partial charge is 0.214 e. The van der Waals surface area contributed by atoms with Crippen molar-refractivity contribution in [2.24, 2.45) is 5.41 Å². The zero-order valence-electron chi connectivity index (χ0n) is 12.1. The molecule has 1 saturated heterocycles. The molecule has 0 spiro atoms. The molecule has 7 heteroatoms. The lowest BCUT2D eigenvalue weighted by Crippen LogP contribution is -2.39. The topological polar surface area (TPSA) is 84.1 Å². The second kappa shape index (κ2) is 6.24. The Balaban J connectivity index is 1.74. The maximum absolute atomic E-state index is 12.0. The predicted octanol–water partition coefficient (Wildman–Crippen LogP) is 1.08. The van der Waals surface area contributed by atoms with Crippen molar-refractivity contribution in [3.05, 3.63) is 18.0 Å². The molecular formula is C13H23N3O3S.